The maximum absolute atomic E-state index is 6.04. The van der Waals surface area contributed by atoms with E-state index >= 15 is 0 Å². The number of ether oxygens (including phenoxy) is 1. The quantitative estimate of drug-likeness (QED) is 0.811. The van der Waals surface area contributed by atoms with Crippen LogP contribution in [0.2, 0.25) is 0 Å². The van der Waals surface area contributed by atoms with Crippen LogP contribution >= 0.6 is 11.6 Å². The minimum Gasteiger partial charge on any atom is -0.381 e. The second-order valence-electron chi connectivity index (χ2n) is 5.24. The number of hydrogen-bond donors (Lipinski definition) is 0. The van der Waals surface area contributed by atoms with Crippen molar-refractivity contribution in [1.29, 1.82) is 0 Å². The molecule has 1 aliphatic heterocycles. The van der Waals surface area contributed by atoms with Gasteiger partial charge in [-0.1, -0.05) is 0 Å². The van der Waals surface area contributed by atoms with E-state index in [9.17, 15) is 0 Å². The van der Waals surface area contributed by atoms with Gasteiger partial charge in [-0.3, -0.25) is 4.68 Å². The van der Waals surface area contributed by atoms with Gasteiger partial charge in [0.1, 0.15) is 11.3 Å². The Morgan fingerprint density at radius 1 is 1.47 bits per heavy atom. The fourth-order valence-corrected chi connectivity index (χ4v) is 3.09. The molecule has 0 aromatic carbocycles. The van der Waals surface area contributed by atoms with Crippen molar-refractivity contribution in [3.8, 4) is 0 Å². The fraction of sp³-hybridized carbons (Fsp3) is 0.692. The number of halogens is 1. The fourth-order valence-electron chi connectivity index (χ4n) is 2.88. The number of rotatable bonds is 3. The van der Waals surface area contributed by atoms with Gasteiger partial charge in [-0.05, 0) is 19.8 Å². The number of hydrogen-bond acceptors (Lipinski definition) is 3. The zero-order chi connectivity index (χ0) is 13.4. The molecule has 0 saturated carbocycles. The number of aryl methyl sites for hydroxylation is 2. The summed E-state index contributed by atoms with van der Waals surface area (Å²) in [4.78, 5) is 4.62. The lowest BCUT2D eigenvalue weighted by Gasteiger charge is -2.23. The Bertz CT molecular complexity index is 583. The second-order valence-corrected chi connectivity index (χ2v) is 5.50. The normalized spacial score (nSPS) is 20.3. The predicted molar refractivity (Wildman–Crippen MR) is 74.3 cm³/mol. The molecule has 0 N–H and O–H groups in total. The summed E-state index contributed by atoms with van der Waals surface area (Å²) in [5.41, 5.74) is 3.00. The van der Waals surface area contributed by atoms with Gasteiger partial charge in [-0.25, -0.2) is 4.98 Å². The molecule has 1 aliphatic rings. The van der Waals surface area contributed by atoms with Crippen LogP contribution in [0.5, 0.6) is 0 Å². The first-order chi connectivity index (χ1) is 9.20. The highest BCUT2D eigenvalue weighted by Crippen LogP contribution is 2.24. The third kappa shape index (κ3) is 2.25. The van der Waals surface area contributed by atoms with Crippen molar-refractivity contribution in [3.63, 3.8) is 0 Å². The zero-order valence-electron chi connectivity index (χ0n) is 11.4. The maximum Gasteiger partial charge on any atom is 0.158 e. The average Bonchev–Trinajstić information content (AvgIpc) is 2.91. The molecule has 0 radical (unpaired) electrons. The van der Waals surface area contributed by atoms with E-state index in [-0.39, 0.29) is 0 Å². The largest absolute Gasteiger partial charge is 0.381 e. The minimum absolute atomic E-state index is 0.432. The van der Waals surface area contributed by atoms with E-state index in [0.29, 0.717) is 11.8 Å². The highest BCUT2D eigenvalue weighted by atomic mass is 35.5. The molecule has 1 atom stereocenters. The Morgan fingerprint density at radius 2 is 2.32 bits per heavy atom. The monoisotopic (exact) mass is 282 g/mol. The third-order valence-corrected chi connectivity index (χ3v) is 4.02. The molecule has 0 spiro atoms. The molecule has 6 heteroatoms. The molecule has 1 unspecified atom stereocenters. The van der Waals surface area contributed by atoms with Crippen LogP contribution < -0.4 is 0 Å². The van der Waals surface area contributed by atoms with E-state index in [2.05, 4.69) is 14.6 Å². The molecule has 2 aromatic heterocycles. The van der Waals surface area contributed by atoms with E-state index < -0.39 is 0 Å². The zero-order valence-corrected chi connectivity index (χ0v) is 12.2. The predicted octanol–water partition coefficient (Wildman–Crippen LogP) is 2.24. The lowest BCUT2D eigenvalue weighted by atomic mass is 10.0. The highest BCUT2D eigenvalue weighted by Gasteiger charge is 2.21. The van der Waals surface area contributed by atoms with Crippen molar-refractivity contribution in [1.82, 2.24) is 19.3 Å². The SMILES string of the molecule is Cc1nn(C)c2c1nc(CCl)n2CC1CCCOC1. The summed E-state index contributed by atoms with van der Waals surface area (Å²) in [7, 11) is 1.96. The standard InChI is InChI=1S/C13H19ClN4O/c1-9-12-13(17(2)16-9)18(11(6-14)15-12)7-10-4-3-5-19-8-10/h10H,3-8H2,1-2H3. The number of alkyl halides is 1. The van der Waals surface area contributed by atoms with Gasteiger partial charge in [0.25, 0.3) is 0 Å². The van der Waals surface area contributed by atoms with Gasteiger partial charge in [0.05, 0.1) is 18.2 Å². The Kier molecular flexibility index (Phi) is 3.50. The smallest absolute Gasteiger partial charge is 0.158 e. The topological polar surface area (TPSA) is 44.9 Å². The van der Waals surface area contributed by atoms with Gasteiger partial charge >= 0.3 is 0 Å². The maximum atomic E-state index is 6.04. The molecule has 3 rings (SSSR count). The van der Waals surface area contributed by atoms with Gasteiger partial charge in [-0.15, -0.1) is 11.6 Å². The van der Waals surface area contributed by atoms with Gasteiger partial charge in [-0.2, -0.15) is 5.10 Å². The van der Waals surface area contributed by atoms with Crippen molar-refractivity contribution in [2.24, 2.45) is 13.0 Å². The molecule has 2 aromatic rings. The number of aromatic nitrogens is 4. The number of fused-ring (bicyclic) bond motifs is 1. The molecule has 3 heterocycles. The molecule has 1 fully saturated rings. The van der Waals surface area contributed by atoms with E-state index in [1.165, 1.54) is 6.42 Å². The van der Waals surface area contributed by atoms with Crippen LogP contribution in [0.3, 0.4) is 0 Å². The van der Waals surface area contributed by atoms with E-state index in [1.54, 1.807) is 0 Å². The summed E-state index contributed by atoms with van der Waals surface area (Å²) in [6.45, 7) is 4.63. The molecular formula is C13H19ClN4O. The molecule has 104 valence electrons. The van der Waals surface area contributed by atoms with Crippen LogP contribution in [0.4, 0.5) is 0 Å². The van der Waals surface area contributed by atoms with Crippen LogP contribution in [0.15, 0.2) is 0 Å². The van der Waals surface area contributed by atoms with Crippen molar-refractivity contribution in [3.05, 3.63) is 11.5 Å². The van der Waals surface area contributed by atoms with Crippen molar-refractivity contribution < 1.29 is 4.74 Å². The Labute approximate surface area is 117 Å². The molecular weight excluding hydrogens is 264 g/mol. The first-order valence-corrected chi connectivity index (χ1v) is 7.26. The summed E-state index contributed by atoms with van der Waals surface area (Å²) >= 11 is 6.04. The van der Waals surface area contributed by atoms with Crippen LogP contribution in [0.25, 0.3) is 11.2 Å². The summed E-state index contributed by atoms with van der Waals surface area (Å²) in [5.74, 6) is 1.91. The van der Waals surface area contributed by atoms with Crippen LogP contribution in [0.1, 0.15) is 24.4 Å². The average molecular weight is 283 g/mol. The second kappa shape index (κ2) is 5.13. The van der Waals surface area contributed by atoms with Crippen molar-refractivity contribution in [2.75, 3.05) is 13.2 Å². The Balaban J connectivity index is 1.99. The summed E-state index contributed by atoms with van der Waals surface area (Å²) in [5, 5.41) is 4.44. The molecule has 19 heavy (non-hydrogen) atoms. The van der Waals surface area contributed by atoms with Crippen molar-refractivity contribution >= 4 is 22.8 Å². The van der Waals surface area contributed by atoms with Crippen LogP contribution in [-0.2, 0) is 24.2 Å². The lowest BCUT2D eigenvalue weighted by molar-refractivity contribution is 0.0484. The molecule has 0 amide bonds. The van der Waals surface area contributed by atoms with Crippen LogP contribution in [0, 0.1) is 12.8 Å². The Morgan fingerprint density at radius 3 is 3.00 bits per heavy atom. The molecule has 1 saturated heterocycles. The lowest BCUT2D eigenvalue weighted by Crippen LogP contribution is -2.23. The highest BCUT2D eigenvalue weighted by molar-refractivity contribution is 6.16. The van der Waals surface area contributed by atoms with Crippen LogP contribution in [-0.4, -0.2) is 32.5 Å². The Hall–Kier alpha value is -1.07. The van der Waals surface area contributed by atoms with E-state index in [0.717, 1.165) is 48.9 Å². The van der Waals surface area contributed by atoms with Crippen molar-refractivity contribution in [2.45, 2.75) is 32.2 Å². The number of imidazole rings is 1. The van der Waals surface area contributed by atoms with E-state index in [4.69, 9.17) is 16.3 Å². The van der Waals surface area contributed by atoms with Gasteiger partial charge in [0, 0.05) is 26.1 Å². The molecule has 5 nitrogen and oxygen atoms in total. The number of nitrogens with zero attached hydrogens (tertiary/aromatic N) is 4. The van der Waals surface area contributed by atoms with Gasteiger partial charge < -0.3 is 9.30 Å². The summed E-state index contributed by atoms with van der Waals surface area (Å²) in [6.07, 6.45) is 2.35. The van der Waals surface area contributed by atoms with Gasteiger partial charge in [0.15, 0.2) is 5.65 Å². The first-order valence-electron chi connectivity index (χ1n) is 6.73. The summed E-state index contributed by atoms with van der Waals surface area (Å²) in [6, 6.07) is 0. The van der Waals surface area contributed by atoms with Gasteiger partial charge in [0.2, 0.25) is 0 Å². The first kappa shape index (κ1) is 12.9. The molecule has 0 aliphatic carbocycles. The summed E-state index contributed by atoms with van der Waals surface area (Å²) < 4.78 is 9.67. The molecule has 0 bridgehead atoms. The minimum atomic E-state index is 0.432. The third-order valence-electron chi connectivity index (χ3n) is 3.78. The van der Waals surface area contributed by atoms with E-state index in [1.807, 2.05) is 18.7 Å².